The third-order valence-electron chi connectivity index (χ3n) is 6.76. The highest BCUT2D eigenvalue weighted by Gasteiger charge is 2.32. The summed E-state index contributed by atoms with van der Waals surface area (Å²) in [6.45, 7) is 1.91. The fourth-order valence-electron chi connectivity index (χ4n) is 4.97. The van der Waals surface area contributed by atoms with Crippen LogP contribution in [0.15, 0.2) is 77.4 Å². The minimum Gasteiger partial charge on any atom is -0.492 e. The first-order valence-electron chi connectivity index (χ1n) is 11.8. The molecule has 35 heavy (non-hydrogen) atoms. The van der Waals surface area contributed by atoms with Crippen molar-refractivity contribution in [2.75, 3.05) is 13.1 Å². The highest BCUT2D eigenvalue weighted by atomic mass is 35.5. The first-order valence-corrected chi connectivity index (χ1v) is 13.0. The van der Waals surface area contributed by atoms with Crippen LogP contribution in [0.2, 0.25) is 5.02 Å². The Morgan fingerprint density at radius 3 is 2.49 bits per heavy atom. The number of halogens is 1. The average Bonchev–Trinajstić information content (AvgIpc) is 3.61. The molecule has 0 bridgehead atoms. The molecular formula is C27H25ClN4O2S. The van der Waals surface area contributed by atoms with Crippen LogP contribution in [0.1, 0.15) is 34.9 Å². The van der Waals surface area contributed by atoms with Gasteiger partial charge in [-0.05, 0) is 73.7 Å². The standard InChI is InChI=1S/C27H25ClN4O2S/c28-21-10-8-20(9-11-21)23(31-14-12-19(13-15-31)17-18-5-2-1-3-6-18)24-26(33)32-27(35-24)29-25(30-32)22-7-4-16-34-22/h1-11,16,19,23,33H,12-15,17H2. The van der Waals surface area contributed by atoms with Crippen LogP contribution in [0.25, 0.3) is 16.5 Å². The van der Waals surface area contributed by atoms with Gasteiger partial charge in [0.1, 0.15) is 0 Å². The molecule has 3 aromatic heterocycles. The van der Waals surface area contributed by atoms with E-state index in [0.29, 0.717) is 27.5 Å². The van der Waals surface area contributed by atoms with Crippen LogP contribution in [-0.4, -0.2) is 37.7 Å². The molecular weight excluding hydrogens is 480 g/mol. The quantitative estimate of drug-likeness (QED) is 0.287. The van der Waals surface area contributed by atoms with Crippen LogP contribution in [0, 0.1) is 5.92 Å². The fraction of sp³-hybridized carbons (Fsp3) is 0.259. The second-order valence-corrected chi connectivity index (χ2v) is 10.5. The third kappa shape index (κ3) is 4.47. The van der Waals surface area contributed by atoms with Crippen LogP contribution in [-0.2, 0) is 6.42 Å². The zero-order chi connectivity index (χ0) is 23.8. The highest BCUT2D eigenvalue weighted by Crippen LogP contribution is 2.42. The van der Waals surface area contributed by atoms with Crippen molar-refractivity contribution in [3.8, 4) is 17.5 Å². The predicted molar refractivity (Wildman–Crippen MR) is 138 cm³/mol. The molecule has 1 N–H and O–H groups in total. The maximum atomic E-state index is 11.3. The summed E-state index contributed by atoms with van der Waals surface area (Å²) in [5, 5.41) is 16.5. The van der Waals surface area contributed by atoms with E-state index in [4.69, 9.17) is 16.0 Å². The number of rotatable bonds is 6. The van der Waals surface area contributed by atoms with Gasteiger partial charge in [-0.2, -0.15) is 9.50 Å². The van der Waals surface area contributed by atoms with Gasteiger partial charge in [0, 0.05) is 5.02 Å². The number of piperidine rings is 1. The molecule has 0 aliphatic carbocycles. The third-order valence-corrected chi connectivity index (χ3v) is 8.08. The molecule has 0 amide bonds. The van der Waals surface area contributed by atoms with E-state index < -0.39 is 0 Å². The zero-order valence-electron chi connectivity index (χ0n) is 19.0. The van der Waals surface area contributed by atoms with Gasteiger partial charge in [-0.15, -0.1) is 5.10 Å². The SMILES string of the molecule is Oc1c(C(c2ccc(Cl)cc2)N2CCC(Cc3ccccc3)CC2)sc2nc(-c3ccco3)nn12. The van der Waals surface area contributed by atoms with E-state index in [-0.39, 0.29) is 11.9 Å². The van der Waals surface area contributed by atoms with Gasteiger partial charge in [-0.25, -0.2) is 0 Å². The highest BCUT2D eigenvalue weighted by molar-refractivity contribution is 7.17. The summed E-state index contributed by atoms with van der Waals surface area (Å²) in [6, 6.07) is 22.2. The van der Waals surface area contributed by atoms with Crippen LogP contribution in [0.4, 0.5) is 0 Å². The first-order chi connectivity index (χ1) is 17.2. The Kier molecular flexibility index (Phi) is 6.06. The molecule has 0 spiro atoms. The largest absolute Gasteiger partial charge is 0.492 e. The molecule has 8 heteroatoms. The van der Waals surface area contributed by atoms with Gasteiger partial charge < -0.3 is 9.52 Å². The number of thiazole rings is 1. The number of fused-ring (bicyclic) bond motifs is 1. The molecule has 1 saturated heterocycles. The lowest BCUT2D eigenvalue weighted by Gasteiger charge is -2.37. The Hall–Kier alpha value is -3.13. The van der Waals surface area contributed by atoms with Gasteiger partial charge in [0.2, 0.25) is 16.7 Å². The van der Waals surface area contributed by atoms with E-state index in [1.165, 1.54) is 21.4 Å². The number of aromatic hydroxyl groups is 1. The summed E-state index contributed by atoms with van der Waals surface area (Å²) >= 11 is 7.66. The lowest BCUT2D eigenvalue weighted by atomic mass is 9.89. The lowest BCUT2D eigenvalue weighted by Crippen LogP contribution is -2.37. The summed E-state index contributed by atoms with van der Waals surface area (Å²) in [5.41, 5.74) is 2.50. The molecule has 178 valence electrons. The summed E-state index contributed by atoms with van der Waals surface area (Å²) < 4.78 is 6.95. The van der Waals surface area contributed by atoms with Crippen molar-refractivity contribution in [2.24, 2.45) is 5.92 Å². The minimum absolute atomic E-state index is 0.0921. The smallest absolute Gasteiger partial charge is 0.230 e. The van der Waals surface area contributed by atoms with E-state index in [2.05, 4.69) is 45.3 Å². The zero-order valence-corrected chi connectivity index (χ0v) is 20.6. The molecule has 1 aliphatic rings. The van der Waals surface area contributed by atoms with Crippen molar-refractivity contribution in [3.05, 3.63) is 94.0 Å². The second kappa shape index (κ2) is 9.49. The number of likely N-dealkylation sites (tertiary alicyclic amines) is 1. The van der Waals surface area contributed by atoms with E-state index in [1.54, 1.807) is 12.3 Å². The van der Waals surface area contributed by atoms with Crippen LogP contribution in [0.5, 0.6) is 5.88 Å². The van der Waals surface area contributed by atoms with Gasteiger partial charge in [0.05, 0.1) is 17.2 Å². The van der Waals surface area contributed by atoms with Crippen molar-refractivity contribution < 1.29 is 9.52 Å². The number of hydrogen-bond acceptors (Lipinski definition) is 6. The van der Waals surface area contributed by atoms with Crippen LogP contribution < -0.4 is 0 Å². The Labute approximate surface area is 212 Å². The molecule has 1 unspecified atom stereocenters. The maximum absolute atomic E-state index is 11.3. The van der Waals surface area contributed by atoms with Crippen LogP contribution >= 0.6 is 22.9 Å². The molecule has 5 aromatic rings. The molecule has 0 radical (unpaired) electrons. The average molecular weight is 505 g/mol. The second-order valence-electron chi connectivity index (χ2n) is 9.02. The van der Waals surface area contributed by atoms with E-state index in [9.17, 15) is 5.11 Å². The fourth-order valence-corrected chi connectivity index (χ4v) is 6.22. The number of aromatic nitrogens is 3. The summed E-state index contributed by atoms with van der Waals surface area (Å²) in [6.07, 6.45) is 4.93. The maximum Gasteiger partial charge on any atom is 0.230 e. The van der Waals surface area contributed by atoms with Gasteiger partial charge in [-0.1, -0.05) is 65.4 Å². The monoisotopic (exact) mass is 504 g/mol. The normalized spacial score (nSPS) is 16.1. The minimum atomic E-state index is -0.0921. The number of furan rings is 1. The van der Waals surface area contributed by atoms with Crippen molar-refractivity contribution in [1.29, 1.82) is 0 Å². The van der Waals surface area contributed by atoms with Gasteiger partial charge in [0.25, 0.3) is 0 Å². The molecule has 2 aromatic carbocycles. The molecule has 1 atom stereocenters. The summed E-state index contributed by atoms with van der Waals surface area (Å²) in [5.74, 6) is 1.83. The summed E-state index contributed by atoms with van der Waals surface area (Å²) in [7, 11) is 0. The van der Waals surface area contributed by atoms with E-state index in [1.807, 2.05) is 30.3 Å². The number of nitrogens with zero attached hydrogens (tertiary/aromatic N) is 4. The van der Waals surface area contributed by atoms with Crippen molar-refractivity contribution in [3.63, 3.8) is 0 Å². The first kappa shape index (κ1) is 22.3. The van der Waals surface area contributed by atoms with E-state index >= 15 is 0 Å². The Morgan fingerprint density at radius 2 is 1.80 bits per heavy atom. The van der Waals surface area contributed by atoms with E-state index in [0.717, 1.165) is 42.8 Å². The number of benzene rings is 2. The summed E-state index contributed by atoms with van der Waals surface area (Å²) in [4.78, 5) is 8.55. The van der Waals surface area contributed by atoms with Crippen molar-refractivity contribution in [1.82, 2.24) is 19.5 Å². The molecule has 4 heterocycles. The lowest BCUT2D eigenvalue weighted by molar-refractivity contribution is 0.150. The molecule has 6 rings (SSSR count). The predicted octanol–water partition coefficient (Wildman–Crippen LogP) is 6.45. The van der Waals surface area contributed by atoms with Crippen molar-refractivity contribution in [2.45, 2.75) is 25.3 Å². The molecule has 1 fully saturated rings. The number of hydrogen-bond donors (Lipinski definition) is 1. The topological polar surface area (TPSA) is 66.8 Å². The molecule has 1 aliphatic heterocycles. The van der Waals surface area contributed by atoms with Crippen molar-refractivity contribution >= 4 is 27.9 Å². The molecule has 6 nitrogen and oxygen atoms in total. The Balaban J connectivity index is 1.29. The Morgan fingerprint density at radius 1 is 1.03 bits per heavy atom. The molecule has 0 saturated carbocycles. The van der Waals surface area contributed by atoms with Gasteiger partial charge >= 0.3 is 0 Å². The van der Waals surface area contributed by atoms with Crippen LogP contribution in [0.3, 0.4) is 0 Å². The van der Waals surface area contributed by atoms with Gasteiger partial charge in [-0.3, -0.25) is 4.90 Å². The Bertz CT molecular complexity index is 1410. The van der Waals surface area contributed by atoms with Gasteiger partial charge in [0.15, 0.2) is 5.76 Å².